The van der Waals surface area contributed by atoms with E-state index in [1.165, 1.54) is 5.56 Å². The molecular formula is C25H30N6O. The molecule has 3 aromatic rings. The Bertz CT molecular complexity index is 1160. The Morgan fingerprint density at radius 3 is 2.81 bits per heavy atom. The fourth-order valence-electron chi connectivity index (χ4n) is 4.17. The van der Waals surface area contributed by atoms with Crippen molar-refractivity contribution in [2.75, 3.05) is 18.9 Å². The van der Waals surface area contributed by atoms with Crippen LogP contribution in [0.15, 0.2) is 60.6 Å². The second-order valence-corrected chi connectivity index (χ2v) is 8.23. The van der Waals surface area contributed by atoms with Crippen LogP contribution in [0.1, 0.15) is 36.1 Å². The van der Waals surface area contributed by atoms with Gasteiger partial charge < -0.3 is 21.7 Å². The molecule has 4 rings (SSSR count). The summed E-state index contributed by atoms with van der Waals surface area (Å²) in [6.45, 7) is 2.73. The summed E-state index contributed by atoms with van der Waals surface area (Å²) in [6, 6.07) is 14.6. The zero-order valence-electron chi connectivity index (χ0n) is 18.8. The average Bonchev–Trinajstić information content (AvgIpc) is 3.13. The number of benzene rings is 2. The smallest absolute Gasteiger partial charge is 0.224 e. The third-order valence-corrected chi connectivity index (χ3v) is 5.78. The van der Waals surface area contributed by atoms with E-state index in [9.17, 15) is 4.79 Å². The summed E-state index contributed by atoms with van der Waals surface area (Å²) in [6.07, 6.45) is 5.15. The van der Waals surface area contributed by atoms with Crippen LogP contribution in [0.25, 0.3) is 16.8 Å². The molecule has 32 heavy (non-hydrogen) atoms. The van der Waals surface area contributed by atoms with E-state index >= 15 is 0 Å². The van der Waals surface area contributed by atoms with Gasteiger partial charge in [0.15, 0.2) is 0 Å². The molecule has 7 heteroatoms. The Hall–Kier alpha value is -3.74. The molecule has 7 nitrogen and oxygen atoms in total. The zero-order valence-corrected chi connectivity index (χ0v) is 18.8. The van der Waals surface area contributed by atoms with Gasteiger partial charge in [-0.1, -0.05) is 24.3 Å². The summed E-state index contributed by atoms with van der Waals surface area (Å²) in [5.41, 5.74) is 14.4. The van der Waals surface area contributed by atoms with Gasteiger partial charge in [0, 0.05) is 49.3 Å². The normalized spacial score (nSPS) is 17.0. The minimum atomic E-state index is 0.000439. The zero-order chi connectivity index (χ0) is 22.7. The molecule has 1 aliphatic rings. The molecule has 0 saturated heterocycles. The highest BCUT2D eigenvalue weighted by atomic mass is 16.1. The quantitative estimate of drug-likeness (QED) is 0.499. The van der Waals surface area contributed by atoms with Crippen molar-refractivity contribution >= 4 is 17.3 Å². The number of allylic oxidation sites excluding steroid dienone is 1. The predicted octanol–water partition coefficient (Wildman–Crippen LogP) is 3.17. The van der Waals surface area contributed by atoms with Crippen LogP contribution < -0.4 is 21.7 Å². The van der Waals surface area contributed by atoms with Crippen LogP contribution in [0.5, 0.6) is 0 Å². The molecule has 5 N–H and O–H groups in total. The maximum absolute atomic E-state index is 11.8. The Balaban J connectivity index is 1.72. The summed E-state index contributed by atoms with van der Waals surface area (Å²) < 4.78 is 1.81. The average molecular weight is 431 g/mol. The minimum Gasteiger partial charge on any atom is -0.401 e. The van der Waals surface area contributed by atoms with Gasteiger partial charge in [-0.15, -0.1) is 0 Å². The number of nitrogens with two attached hydrogens (primary N) is 1. The van der Waals surface area contributed by atoms with Crippen molar-refractivity contribution in [1.29, 1.82) is 0 Å². The third-order valence-electron chi connectivity index (χ3n) is 5.78. The van der Waals surface area contributed by atoms with Crippen molar-refractivity contribution in [1.82, 2.24) is 20.4 Å². The van der Waals surface area contributed by atoms with Gasteiger partial charge in [0.05, 0.1) is 24.4 Å². The molecule has 0 bridgehead atoms. The van der Waals surface area contributed by atoms with Crippen molar-refractivity contribution in [2.24, 2.45) is 12.8 Å². The van der Waals surface area contributed by atoms with Crippen LogP contribution in [0.3, 0.4) is 0 Å². The Morgan fingerprint density at radius 2 is 2.09 bits per heavy atom. The van der Waals surface area contributed by atoms with E-state index in [-0.39, 0.29) is 11.9 Å². The second-order valence-electron chi connectivity index (χ2n) is 8.23. The van der Waals surface area contributed by atoms with Crippen molar-refractivity contribution in [3.63, 3.8) is 0 Å². The summed E-state index contributed by atoms with van der Waals surface area (Å²) in [5.74, 6) is 0.000439. The van der Waals surface area contributed by atoms with Crippen LogP contribution >= 0.6 is 0 Å². The monoisotopic (exact) mass is 430 g/mol. The van der Waals surface area contributed by atoms with E-state index in [4.69, 9.17) is 5.73 Å². The van der Waals surface area contributed by atoms with Crippen molar-refractivity contribution < 1.29 is 4.79 Å². The van der Waals surface area contributed by atoms with Crippen LogP contribution in [0.4, 0.5) is 5.69 Å². The number of aromatic nitrogens is 2. The number of anilines is 1. The Kier molecular flexibility index (Phi) is 6.16. The Morgan fingerprint density at radius 1 is 1.25 bits per heavy atom. The van der Waals surface area contributed by atoms with Crippen LogP contribution in [-0.2, 0) is 18.3 Å². The van der Waals surface area contributed by atoms with E-state index in [1.54, 1.807) is 7.05 Å². The first-order valence-corrected chi connectivity index (χ1v) is 10.8. The topological polar surface area (TPSA) is 97.0 Å². The number of nitrogens with one attached hydrogen (secondary N) is 3. The number of aryl methyl sites for hydroxylation is 1. The fourth-order valence-corrected chi connectivity index (χ4v) is 4.17. The molecule has 166 valence electrons. The summed E-state index contributed by atoms with van der Waals surface area (Å²) >= 11 is 0. The lowest BCUT2D eigenvalue weighted by Gasteiger charge is -2.22. The molecular weight excluding hydrogens is 400 g/mol. The lowest BCUT2D eigenvalue weighted by Crippen LogP contribution is -2.20. The Labute approximate surface area is 188 Å². The number of nitrogens with zero attached hydrogens (tertiary/aromatic N) is 2. The minimum absolute atomic E-state index is 0.000439. The van der Waals surface area contributed by atoms with E-state index in [0.717, 1.165) is 52.3 Å². The molecule has 1 atom stereocenters. The van der Waals surface area contributed by atoms with Crippen LogP contribution in [0.2, 0.25) is 0 Å². The number of hydrogen-bond donors (Lipinski definition) is 4. The molecule has 1 aliphatic heterocycles. The van der Waals surface area contributed by atoms with Crippen LogP contribution in [0, 0.1) is 0 Å². The second kappa shape index (κ2) is 9.18. The number of carbonyl (C=O) groups excluding carboxylic acids is 1. The van der Waals surface area contributed by atoms with Gasteiger partial charge in [-0.05, 0) is 48.2 Å². The van der Waals surface area contributed by atoms with Gasteiger partial charge in [0.25, 0.3) is 0 Å². The number of likely N-dealkylation sites (N-methyl/N-ethyl adjacent to an activating group) is 1. The lowest BCUT2D eigenvalue weighted by atomic mass is 9.93. The van der Waals surface area contributed by atoms with Gasteiger partial charge in [0.2, 0.25) is 5.91 Å². The third kappa shape index (κ3) is 4.61. The van der Waals surface area contributed by atoms with E-state index in [0.29, 0.717) is 6.42 Å². The van der Waals surface area contributed by atoms with E-state index < -0.39 is 0 Å². The summed E-state index contributed by atoms with van der Waals surface area (Å²) in [4.78, 5) is 11.8. The molecule has 1 unspecified atom stereocenters. The number of carbonyl (C=O) groups is 1. The summed E-state index contributed by atoms with van der Waals surface area (Å²) in [5, 5.41) is 14.2. The first-order valence-electron chi connectivity index (χ1n) is 10.8. The van der Waals surface area contributed by atoms with E-state index in [2.05, 4.69) is 39.2 Å². The van der Waals surface area contributed by atoms with Gasteiger partial charge in [-0.2, -0.15) is 5.10 Å². The largest absolute Gasteiger partial charge is 0.401 e. The predicted molar refractivity (Wildman–Crippen MR) is 129 cm³/mol. The molecule has 0 fully saturated rings. The van der Waals surface area contributed by atoms with E-state index in [1.807, 2.05) is 55.3 Å². The number of fused-ring (bicyclic) bond motifs is 1. The maximum atomic E-state index is 11.8. The molecule has 0 aliphatic carbocycles. The SMILES string of the molecule is CNC(=O)Cc1cccc(NC2CCN/C(=C(/C)N)c3ccc(-c4cnn(C)c4)cc32)c1. The summed E-state index contributed by atoms with van der Waals surface area (Å²) in [7, 11) is 3.58. The van der Waals surface area contributed by atoms with Crippen molar-refractivity contribution in [2.45, 2.75) is 25.8 Å². The molecule has 0 spiro atoms. The van der Waals surface area contributed by atoms with Crippen molar-refractivity contribution in [3.8, 4) is 11.1 Å². The number of rotatable bonds is 5. The first kappa shape index (κ1) is 21.5. The highest BCUT2D eigenvalue weighted by Gasteiger charge is 2.23. The van der Waals surface area contributed by atoms with Gasteiger partial charge in [-0.25, -0.2) is 0 Å². The van der Waals surface area contributed by atoms with Gasteiger partial charge in [-0.3, -0.25) is 9.48 Å². The van der Waals surface area contributed by atoms with Crippen LogP contribution in [-0.4, -0.2) is 29.3 Å². The van der Waals surface area contributed by atoms with Gasteiger partial charge in [0.1, 0.15) is 0 Å². The van der Waals surface area contributed by atoms with Crippen molar-refractivity contribution in [3.05, 3.63) is 77.2 Å². The molecule has 1 aromatic heterocycles. The molecule has 0 radical (unpaired) electrons. The number of hydrogen-bond acceptors (Lipinski definition) is 5. The maximum Gasteiger partial charge on any atom is 0.224 e. The highest BCUT2D eigenvalue weighted by molar-refractivity contribution is 5.78. The number of amides is 1. The first-order chi connectivity index (χ1) is 15.4. The standard InChI is InChI=1S/C25H30N6O/c1-16(26)25-21-8-7-18(19-14-29-31(3)15-19)13-22(21)23(9-10-28-25)30-20-6-4-5-17(11-20)12-24(32)27-2/h4-8,11,13-15,23,28,30H,9-10,12,26H2,1-3H3,(H,27,32)/b25-16-. The molecule has 2 aromatic carbocycles. The lowest BCUT2D eigenvalue weighted by molar-refractivity contribution is -0.119. The molecule has 2 heterocycles. The molecule has 0 saturated carbocycles. The van der Waals surface area contributed by atoms with Gasteiger partial charge >= 0.3 is 0 Å². The fraction of sp³-hybridized carbons (Fsp3) is 0.280. The highest BCUT2D eigenvalue weighted by Crippen LogP contribution is 2.35. The molecule has 1 amide bonds.